The van der Waals surface area contributed by atoms with Crippen molar-refractivity contribution in [3.8, 4) is 11.3 Å². The standard InChI is InChI=1S/C30H41N3O5/c1-30(2,3)27(19-33(29(34)35)12-15-36-4)38-20-21-16-23-18-25(22-8-6-5-7-9-22)32-28(23)26(17-21)31-24-10-13-37-14-11-24/h5-9,16-18,24,27,31-32H,10-15,19-20H2,1-4H3,(H,34,35). The first-order chi connectivity index (χ1) is 18.2. The second kappa shape index (κ2) is 12.7. The van der Waals surface area contributed by atoms with Crippen LogP contribution in [0.2, 0.25) is 0 Å². The molecule has 1 aromatic heterocycles. The number of ether oxygens (including phenoxy) is 3. The lowest BCUT2D eigenvalue weighted by molar-refractivity contribution is -0.0456. The van der Waals surface area contributed by atoms with Crippen LogP contribution in [0.4, 0.5) is 10.5 Å². The minimum atomic E-state index is -0.968. The fraction of sp³-hybridized carbons (Fsp3) is 0.500. The Morgan fingerprint density at radius 2 is 1.92 bits per heavy atom. The van der Waals surface area contributed by atoms with Crippen molar-refractivity contribution >= 4 is 22.7 Å². The summed E-state index contributed by atoms with van der Waals surface area (Å²) < 4.78 is 17.1. The number of nitrogens with zero attached hydrogens (tertiary/aromatic N) is 1. The molecular formula is C30H41N3O5. The van der Waals surface area contributed by atoms with Crippen LogP contribution in [0.15, 0.2) is 48.5 Å². The van der Waals surface area contributed by atoms with E-state index in [0.717, 1.165) is 59.5 Å². The van der Waals surface area contributed by atoms with E-state index in [2.05, 4.69) is 61.4 Å². The van der Waals surface area contributed by atoms with E-state index in [9.17, 15) is 9.90 Å². The number of amides is 1. The summed E-state index contributed by atoms with van der Waals surface area (Å²) in [6, 6.07) is 17.2. The number of methoxy groups -OCH3 is 1. The molecule has 206 valence electrons. The van der Waals surface area contributed by atoms with Crippen molar-refractivity contribution in [3.63, 3.8) is 0 Å². The summed E-state index contributed by atoms with van der Waals surface area (Å²) in [6.07, 6.45) is 0.675. The SMILES string of the molecule is COCCN(CC(OCc1cc(NC2CCOCC2)c2[nH]c(-c3ccccc3)cc2c1)C(C)(C)C)C(=O)O. The van der Waals surface area contributed by atoms with Crippen LogP contribution in [-0.2, 0) is 20.8 Å². The van der Waals surface area contributed by atoms with Gasteiger partial charge >= 0.3 is 6.09 Å². The van der Waals surface area contributed by atoms with Gasteiger partial charge in [0.05, 0.1) is 37.1 Å². The zero-order valence-electron chi connectivity index (χ0n) is 23.0. The van der Waals surface area contributed by atoms with Crippen LogP contribution in [0, 0.1) is 5.41 Å². The van der Waals surface area contributed by atoms with E-state index in [1.54, 1.807) is 7.11 Å². The molecule has 1 saturated heterocycles. The van der Waals surface area contributed by atoms with Crippen molar-refractivity contribution in [2.45, 2.75) is 52.4 Å². The summed E-state index contributed by atoms with van der Waals surface area (Å²) in [4.78, 5) is 16.8. The molecule has 1 unspecified atom stereocenters. The van der Waals surface area contributed by atoms with E-state index in [-0.39, 0.29) is 18.1 Å². The Morgan fingerprint density at radius 3 is 2.58 bits per heavy atom. The van der Waals surface area contributed by atoms with Crippen LogP contribution < -0.4 is 5.32 Å². The average molecular weight is 524 g/mol. The maximum Gasteiger partial charge on any atom is 0.407 e. The Hall–Kier alpha value is -3.07. The predicted molar refractivity (Wildman–Crippen MR) is 151 cm³/mol. The Labute approximate surface area is 225 Å². The molecule has 2 heterocycles. The smallest absolute Gasteiger partial charge is 0.407 e. The summed E-state index contributed by atoms with van der Waals surface area (Å²) in [7, 11) is 1.57. The quantitative estimate of drug-likeness (QED) is 0.286. The number of aromatic nitrogens is 1. The Morgan fingerprint density at radius 1 is 1.18 bits per heavy atom. The molecule has 38 heavy (non-hydrogen) atoms. The van der Waals surface area contributed by atoms with Crippen molar-refractivity contribution in [2.75, 3.05) is 45.3 Å². The fourth-order valence-corrected chi connectivity index (χ4v) is 4.78. The van der Waals surface area contributed by atoms with Crippen LogP contribution in [0.5, 0.6) is 0 Å². The number of fused-ring (bicyclic) bond motifs is 1. The van der Waals surface area contributed by atoms with E-state index in [1.807, 2.05) is 18.2 Å². The molecule has 3 aromatic rings. The number of aromatic amines is 1. The molecule has 3 N–H and O–H groups in total. The number of benzene rings is 2. The molecule has 1 amide bonds. The molecule has 8 nitrogen and oxygen atoms in total. The lowest BCUT2D eigenvalue weighted by atomic mass is 9.88. The third-order valence-corrected chi connectivity index (χ3v) is 7.09. The molecule has 1 atom stereocenters. The topological polar surface area (TPSA) is 96.1 Å². The van der Waals surface area contributed by atoms with Gasteiger partial charge in [0.25, 0.3) is 0 Å². The first-order valence-electron chi connectivity index (χ1n) is 13.4. The van der Waals surface area contributed by atoms with Crippen LogP contribution >= 0.6 is 0 Å². The third-order valence-electron chi connectivity index (χ3n) is 7.09. The van der Waals surface area contributed by atoms with Crippen molar-refractivity contribution in [3.05, 3.63) is 54.1 Å². The van der Waals surface area contributed by atoms with Gasteiger partial charge in [-0.2, -0.15) is 0 Å². The van der Waals surface area contributed by atoms with Gasteiger partial charge in [-0.05, 0) is 47.6 Å². The van der Waals surface area contributed by atoms with Gasteiger partial charge in [0, 0.05) is 44.0 Å². The highest BCUT2D eigenvalue weighted by Crippen LogP contribution is 2.32. The summed E-state index contributed by atoms with van der Waals surface area (Å²) in [5, 5.41) is 14.6. The van der Waals surface area contributed by atoms with Gasteiger partial charge < -0.3 is 34.5 Å². The van der Waals surface area contributed by atoms with Gasteiger partial charge in [0.15, 0.2) is 0 Å². The van der Waals surface area contributed by atoms with Crippen molar-refractivity contribution in [1.29, 1.82) is 0 Å². The highest BCUT2D eigenvalue weighted by Gasteiger charge is 2.29. The molecule has 4 rings (SSSR count). The molecule has 0 saturated carbocycles. The summed E-state index contributed by atoms with van der Waals surface area (Å²) >= 11 is 0. The van der Waals surface area contributed by atoms with Crippen molar-refractivity contribution in [2.24, 2.45) is 5.41 Å². The maximum atomic E-state index is 11.8. The molecule has 2 aromatic carbocycles. The normalized spacial score (nSPS) is 15.5. The molecule has 8 heteroatoms. The summed E-state index contributed by atoms with van der Waals surface area (Å²) in [5.41, 5.74) is 5.12. The average Bonchev–Trinajstić information content (AvgIpc) is 3.33. The molecule has 0 aliphatic carbocycles. The van der Waals surface area contributed by atoms with Gasteiger partial charge in [-0.15, -0.1) is 0 Å². The van der Waals surface area contributed by atoms with Gasteiger partial charge in [-0.25, -0.2) is 4.79 Å². The van der Waals surface area contributed by atoms with Crippen LogP contribution in [-0.4, -0.2) is 73.2 Å². The van der Waals surface area contributed by atoms with Gasteiger partial charge in [0.2, 0.25) is 0 Å². The van der Waals surface area contributed by atoms with Crippen LogP contribution in [0.25, 0.3) is 22.2 Å². The molecule has 1 aliphatic rings. The number of carbonyl (C=O) groups is 1. The first-order valence-corrected chi connectivity index (χ1v) is 13.4. The fourth-order valence-electron chi connectivity index (χ4n) is 4.78. The second-order valence-corrected chi connectivity index (χ2v) is 11.1. The largest absolute Gasteiger partial charge is 0.465 e. The Bertz CT molecular complexity index is 1180. The molecule has 1 fully saturated rings. The number of hydrogen-bond acceptors (Lipinski definition) is 5. The summed E-state index contributed by atoms with van der Waals surface area (Å²) in [5.74, 6) is 0. The number of nitrogens with one attached hydrogen (secondary N) is 2. The van der Waals surface area contributed by atoms with Crippen molar-refractivity contribution < 1.29 is 24.1 Å². The van der Waals surface area contributed by atoms with Gasteiger partial charge in [-0.1, -0.05) is 51.1 Å². The number of rotatable bonds is 11. The maximum absolute atomic E-state index is 11.8. The van der Waals surface area contributed by atoms with E-state index in [4.69, 9.17) is 14.2 Å². The lowest BCUT2D eigenvalue weighted by Gasteiger charge is -2.34. The highest BCUT2D eigenvalue weighted by molar-refractivity contribution is 5.95. The van der Waals surface area contributed by atoms with E-state index >= 15 is 0 Å². The minimum Gasteiger partial charge on any atom is -0.465 e. The summed E-state index contributed by atoms with van der Waals surface area (Å²) in [6.45, 7) is 9.07. The lowest BCUT2D eigenvalue weighted by Crippen LogP contribution is -2.44. The number of H-pyrrole nitrogens is 1. The minimum absolute atomic E-state index is 0.247. The van der Waals surface area contributed by atoms with Gasteiger partial charge in [0.1, 0.15) is 0 Å². The zero-order valence-corrected chi connectivity index (χ0v) is 23.0. The van der Waals surface area contributed by atoms with Crippen molar-refractivity contribution in [1.82, 2.24) is 9.88 Å². The molecule has 0 bridgehead atoms. The van der Waals surface area contributed by atoms with Crippen LogP contribution in [0.1, 0.15) is 39.2 Å². The molecule has 0 spiro atoms. The van der Waals surface area contributed by atoms with E-state index in [1.165, 1.54) is 4.90 Å². The molecule has 0 radical (unpaired) electrons. The number of hydrogen-bond donors (Lipinski definition) is 3. The predicted octanol–water partition coefficient (Wildman–Crippen LogP) is 5.98. The Kier molecular flexibility index (Phi) is 9.31. The number of carboxylic acid groups (broad SMARTS) is 1. The monoisotopic (exact) mass is 523 g/mol. The van der Waals surface area contributed by atoms with E-state index in [0.29, 0.717) is 25.8 Å². The molecule has 1 aliphatic heterocycles. The highest BCUT2D eigenvalue weighted by atomic mass is 16.5. The van der Waals surface area contributed by atoms with Crippen LogP contribution in [0.3, 0.4) is 0 Å². The zero-order chi connectivity index (χ0) is 27.1. The number of anilines is 1. The Balaban J connectivity index is 1.60. The second-order valence-electron chi connectivity index (χ2n) is 11.1. The molecular weight excluding hydrogens is 482 g/mol. The van der Waals surface area contributed by atoms with E-state index < -0.39 is 6.09 Å². The van der Waals surface area contributed by atoms with Gasteiger partial charge in [-0.3, -0.25) is 0 Å². The first kappa shape index (κ1) is 28.0. The third kappa shape index (κ3) is 7.28.